The molecule has 1 heterocycles. The number of fused-ring (bicyclic) bond motifs is 1. The number of halogens is 1. The molecule has 1 aromatic heterocycles. The molecular formula is C30H30ClNO4. The van der Waals surface area contributed by atoms with Gasteiger partial charge in [-0.1, -0.05) is 62.7 Å². The number of hydrogen-bond donors (Lipinski definition) is 1. The van der Waals surface area contributed by atoms with Gasteiger partial charge in [0.2, 0.25) is 11.2 Å². The Bertz CT molecular complexity index is 1510. The van der Waals surface area contributed by atoms with E-state index in [1.54, 1.807) is 18.2 Å². The zero-order chi connectivity index (χ0) is 26.2. The third-order valence-electron chi connectivity index (χ3n) is 6.28. The summed E-state index contributed by atoms with van der Waals surface area (Å²) in [6.45, 7) is 11.8. The summed E-state index contributed by atoms with van der Waals surface area (Å²) in [7, 11) is 0. The van der Waals surface area contributed by atoms with Crippen LogP contribution in [-0.4, -0.2) is 12.5 Å². The number of nitrogens with one attached hydrogen (secondary N) is 1. The van der Waals surface area contributed by atoms with E-state index in [9.17, 15) is 9.59 Å². The maximum atomic E-state index is 13.5. The molecule has 0 unspecified atom stereocenters. The average molecular weight is 504 g/mol. The Balaban J connectivity index is 1.72. The molecule has 0 radical (unpaired) electrons. The molecule has 36 heavy (non-hydrogen) atoms. The van der Waals surface area contributed by atoms with Crippen LogP contribution in [0.5, 0.6) is 5.75 Å². The van der Waals surface area contributed by atoms with Crippen LogP contribution in [0.15, 0.2) is 63.8 Å². The lowest BCUT2D eigenvalue weighted by molar-refractivity contribution is -0.118. The van der Waals surface area contributed by atoms with Gasteiger partial charge in [0.05, 0.1) is 5.39 Å². The lowest BCUT2D eigenvalue weighted by Gasteiger charge is -2.19. The number of amides is 1. The molecule has 0 spiro atoms. The predicted molar refractivity (Wildman–Crippen MR) is 146 cm³/mol. The van der Waals surface area contributed by atoms with Crippen LogP contribution < -0.4 is 15.5 Å². The molecule has 3 aromatic carbocycles. The fourth-order valence-corrected chi connectivity index (χ4v) is 4.06. The lowest BCUT2D eigenvalue weighted by atomic mass is 9.86. The minimum absolute atomic E-state index is 0.00588. The van der Waals surface area contributed by atoms with Gasteiger partial charge in [0, 0.05) is 16.3 Å². The molecule has 6 heteroatoms. The van der Waals surface area contributed by atoms with Crippen LogP contribution >= 0.6 is 11.6 Å². The first-order valence-electron chi connectivity index (χ1n) is 11.8. The van der Waals surface area contributed by atoms with Gasteiger partial charge in [-0.25, -0.2) is 0 Å². The number of hydrogen-bond acceptors (Lipinski definition) is 4. The van der Waals surface area contributed by atoms with Crippen LogP contribution in [0.25, 0.3) is 22.3 Å². The van der Waals surface area contributed by atoms with Gasteiger partial charge < -0.3 is 14.5 Å². The number of carbonyl (C=O) groups excluding carboxylic acids is 1. The van der Waals surface area contributed by atoms with Crippen molar-refractivity contribution in [3.8, 4) is 17.1 Å². The molecule has 0 aliphatic carbocycles. The maximum Gasteiger partial charge on any atom is 0.262 e. The Morgan fingerprint density at radius 1 is 0.944 bits per heavy atom. The smallest absolute Gasteiger partial charge is 0.262 e. The standard InChI is InChI=1S/C30H30ClNO4/c1-17-7-12-22(15-24(17)31)32-26(33)16-35-29-27(34)23-13-18(2)19(3)14-25(23)36-28(29)20-8-10-21(11-9-20)30(4,5)6/h7-15H,16H2,1-6H3,(H,32,33). The summed E-state index contributed by atoms with van der Waals surface area (Å²) in [4.78, 5) is 26.2. The first-order chi connectivity index (χ1) is 16.9. The Hall–Kier alpha value is -3.57. The Morgan fingerprint density at radius 2 is 1.61 bits per heavy atom. The van der Waals surface area contributed by atoms with Gasteiger partial charge in [0.1, 0.15) is 5.58 Å². The summed E-state index contributed by atoms with van der Waals surface area (Å²) in [5, 5.41) is 3.72. The molecule has 186 valence electrons. The third kappa shape index (κ3) is 5.31. The Morgan fingerprint density at radius 3 is 2.25 bits per heavy atom. The van der Waals surface area contributed by atoms with Crippen LogP contribution in [0.1, 0.15) is 43.0 Å². The van der Waals surface area contributed by atoms with E-state index in [-0.39, 0.29) is 23.2 Å². The molecule has 5 nitrogen and oxygen atoms in total. The Labute approximate surface area is 216 Å². The quantitative estimate of drug-likeness (QED) is 0.309. The van der Waals surface area contributed by atoms with Gasteiger partial charge in [0.15, 0.2) is 12.4 Å². The van der Waals surface area contributed by atoms with Crippen molar-refractivity contribution in [2.24, 2.45) is 0 Å². The van der Waals surface area contributed by atoms with E-state index in [4.69, 9.17) is 20.8 Å². The molecule has 4 aromatic rings. The van der Waals surface area contributed by atoms with E-state index in [1.807, 2.05) is 57.2 Å². The van der Waals surface area contributed by atoms with E-state index >= 15 is 0 Å². The van der Waals surface area contributed by atoms with Crippen molar-refractivity contribution in [1.82, 2.24) is 0 Å². The summed E-state index contributed by atoms with van der Waals surface area (Å²) in [5.74, 6) is -0.114. The minimum Gasteiger partial charge on any atom is -0.476 e. The largest absolute Gasteiger partial charge is 0.476 e. The molecule has 0 saturated carbocycles. The topological polar surface area (TPSA) is 68.5 Å². The third-order valence-corrected chi connectivity index (χ3v) is 6.69. The normalized spacial score (nSPS) is 11.5. The molecule has 0 fully saturated rings. The first-order valence-corrected chi connectivity index (χ1v) is 12.2. The zero-order valence-electron chi connectivity index (χ0n) is 21.4. The average Bonchev–Trinajstić information content (AvgIpc) is 2.81. The van der Waals surface area contributed by atoms with Gasteiger partial charge in [-0.3, -0.25) is 9.59 Å². The second kappa shape index (κ2) is 9.82. The van der Waals surface area contributed by atoms with E-state index < -0.39 is 5.91 Å². The van der Waals surface area contributed by atoms with Crippen molar-refractivity contribution in [3.05, 3.63) is 92.1 Å². The molecule has 0 atom stereocenters. The molecule has 0 aliphatic rings. The summed E-state index contributed by atoms with van der Waals surface area (Å²) < 4.78 is 12.1. The van der Waals surface area contributed by atoms with Crippen molar-refractivity contribution in [1.29, 1.82) is 0 Å². The number of aryl methyl sites for hydroxylation is 3. The molecule has 4 rings (SSSR count). The van der Waals surface area contributed by atoms with E-state index in [0.29, 0.717) is 33.0 Å². The summed E-state index contributed by atoms with van der Waals surface area (Å²) in [6.07, 6.45) is 0. The fourth-order valence-electron chi connectivity index (χ4n) is 3.88. The summed E-state index contributed by atoms with van der Waals surface area (Å²) >= 11 is 6.16. The van der Waals surface area contributed by atoms with Gasteiger partial charge in [-0.05, 0) is 72.7 Å². The van der Waals surface area contributed by atoms with Crippen LogP contribution in [0.3, 0.4) is 0 Å². The van der Waals surface area contributed by atoms with Crippen LogP contribution in [0.4, 0.5) is 5.69 Å². The number of rotatable bonds is 5. The molecule has 1 amide bonds. The SMILES string of the molecule is Cc1cc2oc(-c3ccc(C(C)(C)C)cc3)c(OCC(=O)Nc3ccc(C)c(Cl)c3)c(=O)c2cc1C. The van der Waals surface area contributed by atoms with Crippen LogP contribution in [-0.2, 0) is 10.2 Å². The molecule has 0 bridgehead atoms. The number of ether oxygens (including phenoxy) is 1. The van der Waals surface area contributed by atoms with E-state index in [2.05, 4.69) is 26.1 Å². The highest BCUT2D eigenvalue weighted by Crippen LogP contribution is 2.33. The molecule has 0 saturated heterocycles. The van der Waals surface area contributed by atoms with Crippen molar-refractivity contribution < 1.29 is 13.9 Å². The summed E-state index contributed by atoms with van der Waals surface area (Å²) in [5.41, 5.74) is 5.43. The van der Waals surface area contributed by atoms with E-state index in [1.165, 1.54) is 0 Å². The second-order valence-corrected chi connectivity index (χ2v) is 10.6. The zero-order valence-corrected chi connectivity index (χ0v) is 22.2. The van der Waals surface area contributed by atoms with E-state index in [0.717, 1.165) is 22.3 Å². The highest BCUT2D eigenvalue weighted by atomic mass is 35.5. The summed E-state index contributed by atoms with van der Waals surface area (Å²) in [6, 6.07) is 16.7. The van der Waals surface area contributed by atoms with Gasteiger partial charge in [-0.2, -0.15) is 0 Å². The minimum atomic E-state index is -0.413. The van der Waals surface area contributed by atoms with Crippen LogP contribution in [0, 0.1) is 20.8 Å². The van der Waals surface area contributed by atoms with Crippen molar-refractivity contribution in [3.63, 3.8) is 0 Å². The first kappa shape index (κ1) is 25.5. The second-order valence-electron chi connectivity index (χ2n) is 10.2. The van der Waals surface area contributed by atoms with Crippen molar-refractivity contribution in [2.75, 3.05) is 11.9 Å². The van der Waals surface area contributed by atoms with Gasteiger partial charge in [0.25, 0.3) is 5.91 Å². The van der Waals surface area contributed by atoms with Crippen molar-refractivity contribution in [2.45, 2.75) is 47.0 Å². The predicted octanol–water partition coefficient (Wildman–Crippen LogP) is 7.35. The highest BCUT2D eigenvalue weighted by molar-refractivity contribution is 6.31. The molecular weight excluding hydrogens is 474 g/mol. The monoisotopic (exact) mass is 503 g/mol. The van der Waals surface area contributed by atoms with Crippen molar-refractivity contribution >= 4 is 34.2 Å². The van der Waals surface area contributed by atoms with Gasteiger partial charge in [-0.15, -0.1) is 0 Å². The lowest BCUT2D eigenvalue weighted by Crippen LogP contribution is -2.22. The molecule has 0 aliphatic heterocycles. The number of carbonyl (C=O) groups is 1. The fraction of sp³-hybridized carbons (Fsp3) is 0.267. The Kier molecular flexibility index (Phi) is 6.96. The number of anilines is 1. The molecule has 1 N–H and O–H groups in total. The van der Waals surface area contributed by atoms with Crippen LogP contribution in [0.2, 0.25) is 5.02 Å². The number of benzene rings is 3. The highest BCUT2D eigenvalue weighted by Gasteiger charge is 2.21. The van der Waals surface area contributed by atoms with Gasteiger partial charge >= 0.3 is 0 Å². The maximum absolute atomic E-state index is 13.5.